The number of methoxy groups -OCH3 is 2. The molecule has 0 aliphatic carbocycles. The molecule has 0 unspecified atom stereocenters. The first-order valence-electron chi connectivity index (χ1n) is 5.89. The Morgan fingerprint density at radius 2 is 1.85 bits per heavy atom. The monoisotopic (exact) mass is 317 g/mol. The van der Waals surface area contributed by atoms with Gasteiger partial charge in [0, 0.05) is 21.3 Å². The zero-order valence-corrected chi connectivity index (χ0v) is 12.4. The van der Waals surface area contributed by atoms with E-state index >= 15 is 0 Å². The summed E-state index contributed by atoms with van der Waals surface area (Å²) in [4.78, 5) is 23.6. The molecule has 0 fully saturated rings. The van der Waals surface area contributed by atoms with Crippen LogP contribution in [-0.2, 0) is 19.1 Å². The first-order valence-corrected chi connectivity index (χ1v) is 6.64. The molecule has 0 spiro atoms. The van der Waals surface area contributed by atoms with Crippen LogP contribution in [0.25, 0.3) is 0 Å². The summed E-state index contributed by atoms with van der Waals surface area (Å²) in [7, 11) is 2.58. The molecular formula is C13H13Cl2NO4. The molecule has 2 atom stereocenters. The predicted octanol–water partition coefficient (Wildman–Crippen LogP) is 2.61. The zero-order chi connectivity index (χ0) is 14.9. The van der Waals surface area contributed by atoms with Gasteiger partial charge in [-0.25, -0.2) is 4.79 Å². The Morgan fingerprint density at radius 1 is 1.20 bits per heavy atom. The molecule has 5 nitrogen and oxygen atoms in total. The summed E-state index contributed by atoms with van der Waals surface area (Å²) in [5.41, 5.74) is 1.13. The number of halogens is 2. The molecule has 0 saturated carbocycles. The van der Waals surface area contributed by atoms with Gasteiger partial charge in [-0.3, -0.25) is 4.79 Å². The topological polar surface area (TPSA) is 64.6 Å². The molecule has 0 bridgehead atoms. The van der Waals surface area contributed by atoms with E-state index in [1.807, 2.05) is 0 Å². The van der Waals surface area contributed by atoms with Gasteiger partial charge in [-0.15, -0.1) is 0 Å². The predicted molar refractivity (Wildman–Crippen MR) is 75.3 cm³/mol. The van der Waals surface area contributed by atoms with Crippen LogP contribution in [0.15, 0.2) is 12.1 Å². The normalized spacial score (nSPS) is 20.6. The molecule has 0 radical (unpaired) electrons. The van der Waals surface area contributed by atoms with Crippen LogP contribution in [-0.4, -0.2) is 32.2 Å². The lowest BCUT2D eigenvalue weighted by molar-refractivity contribution is -0.144. The minimum atomic E-state index is -0.647. The lowest BCUT2D eigenvalue weighted by Crippen LogP contribution is -2.38. The highest BCUT2D eigenvalue weighted by molar-refractivity contribution is 6.36. The number of ether oxygens (including phenoxy) is 2. The number of fused-ring (bicyclic) bond motifs is 1. The molecule has 0 aromatic heterocycles. The van der Waals surface area contributed by atoms with E-state index < -0.39 is 23.9 Å². The molecule has 0 amide bonds. The molecular weight excluding hydrogens is 305 g/mol. The van der Waals surface area contributed by atoms with E-state index in [9.17, 15) is 9.59 Å². The summed E-state index contributed by atoms with van der Waals surface area (Å²) in [6.07, 6.45) is 0.216. The first kappa shape index (κ1) is 14.9. The summed E-state index contributed by atoms with van der Waals surface area (Å²) >= 11 is 12.1. The van der Waals surface area contributed by atoms with E-state index in [2.05, 4.69) is 5.32 Å². The quantitative estimate of drug-likeness (QED) is 0.849. The van der Waals surface area contributed by atoms with E-state index in [0.717, 1.165) is 0 Å². The van der Waals surface area contributed by atoms with Gasteiger partial charge in [-0.05, 0) is 18.6 Å². The molecule has 1 aliphatic heterocycles. The van der Waals surface area contributed by atoms with Crippen LogP contribution >= 0.6 is 23.2 Å². The summed E-state index contributed by atoms with van der Waals surface area (Å²) in [6.45, 7) is 0. The largest absolute Gasteiger partial charge is 0.469 e. The number of hydrogen-bond donors (Lipinski definition) is 1. The second kappa shape index (κ2) is 5.89. The van der Waals surface area contributed by atoms with E-state index in [4.69, 9.17) is 32.7 Å². The molecule has 1 aromatic carbocycles. The maximum atomic E-state index is 11.9. The van der Waals surface area contributed by atoms with Gasteiger partial charge in [0.05, 0.1) is 20.1 Å². The Morgan fingerprint density at radius 3 is 2.45 bits per heavy atom. The van der Waals surface area contributed by atoms with Gasteiger partial charge < -0.3 is 14.8 Å². The van der Waals surface area contributed by atoms with Crippen LogP contribution in [0.4, 0.5) is 5.69 Å². The van der Waals surface area contributed by atoms with Gasteiger partial charge >= 0.3 is 11.9 Å². The lowest BCUT2D eigenvalue weighted by atomic mass is 9.87. The Labute approximate surface area is 126 Å². The van der Waals surface area contributed by atoms with Gasteiger partial charge in [0.15, 0.2) is 0 Å². The van der Waals surface area contributed by atoms with Crippen LogP contribution in [0.5, 0.6) is 0 Å². The Bertz CT molecular complexity index is 562. The first-order chi connectivity index (χ1) is 9.47. The number of esters is 2. The second-order valence-electron chi connectivity index (χ2n) is 4.38. The van der Waals surface area contributed by atoms with Crippen molar-refractivity contribution >= 4 is 40.8 Å². The van der Waals surface area contributed by atoms with Crippen molar-refractivity contribution < 1.29 is 19.1 Å². The summed E-state index contributed by atoms with van der Waals surface area (Å²) in [5.74, 6) is -1.54. The number of nitrogens with one attached hydrogen (secondary N) is 1. The molecule has 2 rings (SSSR count). The number of rotatable bonds is 2. The Hall–Kier alpha value is -1.46. The van der Waals surface area contributed by atoms with Crippen molar-refractivity contribution in [3.8, 4) is 0 Å². The van der Waals surface area contributed by atoms with E-state index in [-0.39, 0.29) is 6.42 Å². The molecule has 1 aliphatic rings. The van der Waals surface area contributed by atoms with Crippen molar-refractivity contribution in [2.45, 2.75) is 18.4 Å². The van der Waals surface area contributed by atoms with Crippen molar-refractivity contribution in [3.05, 3.63) is 27.7 Å². The fourth-order valence-corrected chi connectivity index (χ4v) is 2.94. The van der Waals surface area contributed by atoms with Crippen molar-refractivity contribution in [1.82, 2.24) is 0 Å². The number of benzene rings is 1. The van der Waals surface area contributed by atoms with Crippen LogP contribution in [0.3, 0.4) is 0 Å². The summed E-state index contributed by atoms with van der Waals surface area (Å²) in [6, 6.07) is 2.53. The molecule has 7 heteroatoms. The smallest absolute Gasteiger partial charge is 0.328 e. The third-order valence-electron chi connectivity index (χ3n) is 3.22. The third-order valence-corrected chi connectivity index (χ3v) is 3.75. The molecule has 20 heavy (non-hydrogen) atoms. The molecule has 1 heterocycles. The SMILES string of the molecule is COC(=O)[C@@H]1C[C@@H](C(=O)OC)c2c(Cl)cc(Cl)cc2N1. The summed E-state index contributed by atoms with van der Waals surface area (Å²) in [5, 5.41) is 3.76. The van der Waals surface area contributed by atoms with E-state index in [1.165, 1.54) is 14.2 Å². The summed E-state index contributed by atoms with van der Waals surface area (Å²) < 4.78 is 9.49. The fraction of sp³-hybridized carbons (Fsp3) is 0.385. The maximum Gasteiger partial charge on any atom is 0.328 e. The van der Waals surface area contributed by atoms with Crippen molar-refractivity contribution in [2.75, 3.05) is 19.5 Å². The number of anilines is 1. The minimum Gasteiger partial charge on any atom is -0.469 e. The highest BCUT2D eigenvalue weighted by Gasteiger charge is 2.37. The van der Waals surface area contributed by atoms with E-state index in [0.29, 0.717) is 21.3 Å². The molecule has 1 aromatic rings. The number of hydrogen-bond acceptors (Lipinski definition) is 5. The molecule has 1 N–H and O–H groups in total. The number of carbonyl (C=O) groups excluding carboxylic acids is 2. The van der Waals surface area contributed by atoms with Crippen LogP contribution in [0.2, 0.25) is 10.0 Å². The number of carbonyl (C=O) groups is 2. The van der Waals surface area contributed by atoms with Crippen LogP contribution < -0.4 is 5.32 Å². The third kappa shape index (κ3) is 2.69. The van der Waals surface area contributed by atoms with Gasteiger partial charge in [0.1, 0.15) is 6.04 Å². The maximum absolute atomic E-state index is 11.9. The van der Waals surface area contributed by atoms with Crippen molar-refractivity contribution in [3.63, 3.8) is 0 Å². The average Bonchev–Trinajstić information content (AvgIpc) is 2.43. The molecule has 0 saturated heterocycles. The van der Waals surface area contributed by atoms with Gasteiger partial charge in [0.25, 0.3) is 0 Å². The Balaban J connectivity index is 2.49. The van der Waals surface area contributed by atoms with E-state index in [1.54, 1.807) is 12.1 Å². The van der Waals surface area contributed by atoms with Crippen molar-refractivity contribution in [2.24, 2.45) is 0 Å². The van der Waals surface area contributed by atoms with Crippen LogP contribution in [0, 0.1) is 0 Å². The standard InChI is InChI=1S/C13H13Cl2NO4/c1-19-12(17)7-5-10(13(18)20-2)16-9-4-6(14)3-8(15)11(7)9/h3-4,7,10,16H,5H2,1-2H3/t7-,10+/m1/s1. The van der Waals surface area contributed by atoms with Gasteiger partial charge in [-0.1, -0.05) is 23.2 Å². The lowest BCUT2D eigenvalue weighted by Gasteiger charge is -2.31. The Kier molecular flexibility index (Phi) is 4.40. The molecule has 108 valence electrons. The minimum absolute atomic E-state index is 0.216. The second-order valence-corrected chi connectivity index (χ2v) is 5.22. The van der Waals surface area contributed by atoms with Crippen LogP contribution in [0.1, 0.15) is 17.9 Å². The highest BCUT2D eigenvalue weighted by Crippen LogP contribution is 2.41. The van der Waals surface area contributed by atoms with Gasteiger partial charge in [-0.2, -0.15) is 0 Å². The fourth-order valence-electron chi connectivity index (χ4n) is 2.31. The highest BCUT2D eigenvalue weighted by atomic mass is 35.5. The average molecular weight is 318 g/mol. The van der Waals surface area contributed by atoms with Gasteiger partial charge in [0.2, 0.25) is 0 Å². The zero-order valence-electron chi connectivity index (χ0n) is 10.9. The van der Waals surface area contributed by atoms with Crippen molar-refractivity contribution in [1.29, 1.82) is 0 Å².